The summed E-state index contributed by atoms with van der Waals surface area (Å²) in [6, 6.07) is 40.1. The fourth-order valence-electron chi connectivity index (χ4n) is 4.69. The smallest absolute Gasteiger partial charge is 0.118 e. The molecule has 2 heteroatoms. The third kappa shape index (κ3) is 4.23. The molecule has 2 nitrogen and oxygen atoms in total. The van der Waals surface area contributed by atoms with Crippen molar-refractivity contribution < 1.29 is 4.74 Å². The molecule has 34 heavy (non-hydrogen) atoms. The zero-order valence-corrected chi connectivity index (χ0v) is 19.5. The van der Waals surface area contributed by atoms with Crippen molar-refractivity contribution in [3.8, 4) is 5.75 Å². The van der Waals surface area contributed by atoms with Crippen LogP contribution in [0, 0.1) is 0 Å². The van der Waals surface area contributed by atoms with Crippen molar-refractivity contribution in [1.82, 2.24) is 0 Å². The summed E-state index contributed by atoms with van der Waals surface area (Å²) in [5.74, 6) is 0.844. The Labute approximate surface area is 201 Å². The fourth-order valence-corrected chi connectivity index (χ4v) is 4.69. The first kappa shape index (κ1) is 21.7. The molecule has 4 aromatic rings. The largest absolute Gasteiger partial charge is 0.497 e. The molecule has 0 amide bonds. The highest BCUT2D eigenvalue weighted by molar-refractivity contribution is 6.15. The van der Waals surface area contributed by atoms with Gasteiger partial charge in [-0.2, -0.15) is 0 Å². The van der Waals surface area contributed by atoms with Crippen LogP contribution in [0.2, 0.25) is 0 Å². The van der Waals surface area contributed by atoms with Crippen LogP contribution in [0.3, 0.4) is 0 Å². The van der Waals surface area contributed by atoms with Gasteiger partial charge in [0.1, 0.15) is 5.75 Å². The van der Waals surface area contributed by atoms with Crippen LogP contribution in [0.1, 0.15) is 35.1 Å². The van der Waals surface area contributed by atoms with E-state index in [1.54, 1.807) is 7.11 Å². The highest BCUT2D eigenvalue weighted by Gasteiger charge is 2.29. The maximum absolute atomic E-state index is 5.39. The average Bonchev–Trinajstić information content (AvgIpc) is 3.06. The van der Waals surface area contributed by atoms with Crippen LogP contribution in [-0.2, 0) is 0 Å². The minimum Gasteiger partial charge on any atom is -0.497 e. The molecule has 1 aliphatic rings. The van der Waals surface area contributed by atoms with E-state index in [2.05, 4.69) is 110 Å². The number of hydrogen-bond donors (Lipinski definition) is 0. The second kappa shape index (κ2) is 9.76. The molecule has 0 aliphatic carbocycles. The van der Waals surface area contributed by atoms with Gasteiger partial charge in [0.2, 0.25) is 0 Å². The lowest BCUT2D eigenvalue weighted by atomic mass is 9.78. The van der Waals surface area contributed by atoms with Crippen LogP contribution < -0.4 is 4.74 Å². The van der Waals surface area contributed by atoms with E-state index in [-0.39, 0.29) is 5.92 Å². The molecule has 0 saturated carbocycles. The minimum atomic E-state index is -0.00185. The van der Waals surface area contributed by atoms with Gasteiger partial charge in [0.15, 0.2) is 0 Å². The van der Waals surface area contributed by atoms with Gasteiger partial charge in [0.25, 0.3) is 0 Å². The minimum absolute atomic E-state index is 0.00185. The second-order valence-corrected chi connectivity index (χ2v) is 8.40. The zero-order chi connectivity index (χ0) is 23.3. The maximum Gasteiger partial charge on any atom is 0.118 e. The number of allylic oxidation sites excluding steroid dienone is 3. The van der Waals surface area contributed by atoms with E-state index in [1.807, 2.05) is 18.3 Å². The van der Waals surface area contributed by atoms with Crippen molar-refractivity contribution in [3.63, 3.8) is 0 Å². The van der Waals surface area contributed by atoms with Crippen molar-refractivity contribution in [2.45, 2.75) is 12.8 Å². The summed E-state index contributed by atoms with van der Waals surface area (Å²) < 4.78 is 5.39. The van der Waals surface area contributed by atoms with Crippen molar-refractivity contribution in [1.29, 1.82) is 0 Å². The summed E-state index contributed by atoms with van der Waals surface area (Å²) in [5.41, 5.74) is 9.35. The Morgan fingerprint density at radius 1 is 0.618 bits per heavy atom. The van der Waals surface area contributed by atoms with Gasteiger partial charge in [-0.15, -0.1) is 0 Å². The van der Waals surface area contributed by atoms with E-state index < -0.39 is 0 Å². The van der Waals surface area contributed by atoms with Gasteiger partial charge in [-0.05, 0) is 52.5 Å². The van der Waals surface area contributed by atoms with Crippen LogP contribution in [0.25, 0.3) is 11.1 Å². The van der Waals surface area contributed by atoms with Crippen molar-refractivity contribution in [2.24, 2.45) is 4.99 Å². The Kier molecular flexibility index (Phi) is 6.22. The molecule has 1 unspecified atom stereocenters. The molecule has 0 bridgehead atoms. The zero-order valence-electron chi connectivity index (χ0n) is 19.5. The van der Waals surface area contributed by atoms with E-state index in [9.17, 15) is 0 Å². The molecule has 0 spiro atoms. The van der Waals surface area contributed by atoms with Crippen molar-refractivity contribution in [2.75, 3.05) is 7.11 Å². The summed E-state index contributed by atoms with van der Waals surface area (Å²) in [5, 5.41) is 0. The Hall–Kier alpha value is -4.17. The maximum atomic E-state index is 5.39. The molecule has 0 saturated heterocycles. The van der Waals surface area contributed by atoms with Crippen LogP contribution in [-0.4, -0.2) is 12.8 Å². The highest BCUT2D eigenvalue weighted by Crippen LogP contribution is 2.43. The molecular weight excluding hydrogens is 414 g/mol. The predicted molar refractivity (Wildman–Crippen MR) is 142 cm³/mol. The third-order valence-electron chi connectivity index (χ3n) is 6.39. The molecule has 1 aliphatic heterocycles. The topological polar surface area (TPSA) is 21.6 Å². The van der Waals surface area contributed by atoms with E-state index in [4.69, 9.17) is 9.73 Å². The van der Waals surface area contributed by atoms with Gasteiger partial charge in [-0.3, -0.25) is 4.99 Å². The lowest BCUT2D eigenvalue weighted by Gasteiger charge is -2.25. The normalized spacial score (nSPS) is 15.9. The standard InChI is InChI=1S/C32H27NO/c1-23-29(24-18-20-28(34-2)21-19-24)22-33-32(27-16-10-5-11-17-27)31(26-14-8-4-9-15-26)30(23)25-12-6-3-7-13-25/h3-22,31H,1-2H3. The van der Waals surface area contributed by atoms with Crippen LogP contribution in [0.15, 0.2) is 132 Å². The van der Waals surface area contributed by atoms with E-state index >= 15 is 0 Å². The summed E-state index contributed by atoms with van der Waals surface area (Å²) in [6.07, 6.45) is 2.03. The monoisotopic (exact) mass is 441 g/mol. The van der Waals surface area contributed by atoms with Gasteiger partial charge in [-0.25, -0.2) is 0 Å². The molecule has 1 atom stereocenters. The third-order valence-corrected chi connectivity index (χ3v) is 6.39. The number of aliphatic imine (C=N–C) groups is 1. The summed E-state index contributed by atoms with van der Waals surface area (Å²) in [7, 11) is 1.69. The number of methoxy groups -OCH3 is 1. The fraction of sp³-hybridized carbons (Fsp3) is 0.0938. The van der Waals surface area contributed by atoms with Crippen LogP contribution >= 0.6 is 0 Å². The van der Waals surface area contributed by atoms with Crippen LogP contribution in [0.4, 0.5) is 0 Å². The summed E-state index contributed by atoms with van der Waals surface area (Å²) in [4.78, 5) is 5.16. The van der Waals surface area contributed by atoms with E-state index in [1.165, 1.54) is 22.3 Å². The molecule has 1 heterocycles. The lowest BCUT2D eigenvalue weighted by Crippen LogP contribution is -2.16. The van der Waals surface area contributed by atoms with E-state index in [0.717, 1.165) is 28.2 Å². The Balaban J connectivity index is 1.80. The van der Waals surface area contributed by atoms with Crippen molar-refractivity contribution in [3.05, 3.63) is 149 Å². The predicted octanol–water partition coefficient (Wildman–Crippen LogP) is 7.80. The molecule has 0 aromatic heterocycles. The summed E-state index contributed by atoms with van der Waals surface area (Å²) >= 11 is 0. The average molecular weight is 442 g/mol. The van der Waals surface area contributed by atoms with Gasteiger partial charge in [0, 0.05) is 11.8 Å². The Bertz CT molecular complexity index is 1350. The molecule has 4 aromatic carbocycles. The number of rotatable bonds is 5. The number of hydrogen-bond acceptors (Lipinski definition) is 2. The van der Waals surface area contributed by atoms with E-state index in [0.29, 0.717) is 0 Å². The molecule has 0 fully saturated rings. The van der Waals surface area contributed by atoms with Gasteiger partial charge in [0.05, 0.1) is 18.7 Å². The molecule has 0 N–H and O–H groups in total. The molecular formula is C32H27NO. The molecule has 5 rings (SSSR count). The quantitative estimate of drug-likeness (QED) is 0.310. The Morgan fingerprint density at radius 3 is 1.76 bits per heavy atom. The van der Waals surface area contributed by atoms with Gasteiger partial charge < -0.3 is 4.74 Å². The first-order valence-electron chi connectivity index (χ1n) is 11.6. The molecule has 166 valence electrons. The Morgan fingerprint density at radius 2 is 1.18 bits per heavy atom. The first-order chi connectivity index (χ1) is 16.8. The summed E-state index contributed by atoms with van der Waals surface area (Å²) in [6.45, 7) is 2.22. The van der Waals surface area contributed by atoms with Crippen LogP contribution in [0.5, 0.6) is 5.75 Å². The highest BCUT2D eigenvalue weighted by atomic mass is 16.5. The SMILES string of the molecule is COc1ccc(C2=CN=C(c3ccccc3)C(c3ccccc3)C(c3ccccc3)=C2C)cc1. The first-order valence-corrected chi connectivity index (χ1v) is 11.6. The van der Waals surface area contributed by atoms with Gasteiger partial charge in [-0.1, -0.05) is 103 Å². The van der Waals surface area contributed by atoms with Crippen molar-refractivity contribution >= 4 is 16.9 Å². The number of ether oxygens (including phenoxy) is 1. The molecule has 0 radical (unpaired) electrons. The number of benzene rings is 4. The van der Waals surface area contributed by atoms with Gasteiger partial charge >= 0.3 is 0 Å². The number of nitrogens with zero attached hydrogens (tertiary/aromatic N) is 1. The lowest BCUT2D eigenvalue weighted by molar-refractivity contribution is 0.415. The second-order valence-electron chi connectivity index (χ2n) is 8.40.